The van der Waals surface area contributed by atoms with E-state index in [1.165, 1.54) is 0 Å². The van der Waals surface area contributed by atoms with Crippen LogP contribution in [0.1, 0.15) is 36.3 Å². The standard InChI is InChI=1S/C14H16Cl2O2/c1-8-2-3-9-10(15)7-12-14(18-5-4-17-12)13(9)11(16)6-8/h7-8,11H,2-6H2,1H3. The quantitative estimate of drug-likeness (QED) is 0.521. The Kier molecular flexibility index (Phi) is 3.33. The Morgan fingerprint density at radius 3 is 2.89 bits per heavy atom. The summed E-state index contributed by atoms with van der Waals surface area (Å²) in [6.07, 6.45) is 3.05. The van der Waals surface area contributed by atoms with Crippen molar-refractivity contribution in [2.24, 2.45) is 5.92 Å². The van der Waals surface area contributed by atoms with E-state index in [2.05, 4.69) is 6.92 Å². The summed E-state index contributed by atoms with van der Waals surface area (Å²) < 4.78 is 11.4. The molecule has 0 saturated carbocycles. The zero-order valence-corrected chi connectivity index (χ0v) is 11.9. The maximum atomic E-state index is 6.56. The lowest BCUT2D eigenvalue weighted by molar-refractivity contribution is 0.169. The molecule has 0 amide bonds. The van der Waals surface area contributed by atoms with Crippen LogP contribution in [0.5, 0.6) is 11.5 Å². The predicted octanol–water partition coefficient (Wildman–Crippen LogP) is 4.36. The van der Waals surface area contributed by atoms with Crippen molar-refractivity contribution in [1.82, 2.24) is 0 Å². The summed E-state index contributed by atoms with van der Waals surface area (Å²) in [4.78, 5) is 0. The average molecular weight is 287 g/mol. The number of fused-ring (bicyclic) bond motifs is 3. The molecule has 0 saturated heterocycles. The van der Waals surface area contributed by atoms with Crippen molar-refractivity contribution in [1.29, 1.82) is 0 Å². The molecule has 2 aliphatic rings. The highest BCUT2D eigenvalue weighted by atomic mass is 35.5. The molecule has 1 aromatic rings. The zero-order valence-electron chi connectivity index (χ0n) is 10.3. The Morgan fingerprint density at radius 2 is 2.06 bits per heavy atom. The van der Waals surface area contributed by atoms with Gasteiger partial charge in [0.15, 0.2) is 11.5 Å². The summed E-state index contributed by atoms with van der Waals surface area (Å²) in [7, 11) is 0. The molecule has 98 valence electrons. The van der Waals surface area contributed by atoms with Gasteiger partial charge in [0.25, 0.3) is 0 Å². The maximum absolute atomic E-state index is 6.56. The molecular weight excluding hydrogens is 271 g/mol. The highest BCUT2D eigenvalue weighted by molar-refractivity contribution is 6.32. The van der Waals surface area contributed by atoms with Gasteiger partial charge in [-0.25, -0.2) is 0 Å². The van der Waals surface area contributed by atoms with Crippen LogP contribution in [0.15, 0.2) is 6.07 Å². The summed E-state index contributed by atoms with van der Waals surface area (Å²) in [5.41, 5.74) is 2.20. The van der Waals surface area contributed by atoms with Gasteiger partial charge >= 0.3 is 0 Å². The number of alkyl halides is 1. The predicted molar refractivity (Wildman–Crippen MR) is 73.1 cm³/mol. The number of halogens is 2. The van der Waals surface area contributed by atoms with Crippen molar-refractivity contribution in [3.8, 4) is 11.5 Å². The van der Waals surface area contributed by atoms with E-state index in [0.717, 1.165) is 46.9 Å². The smallest absolute Gasteiger partial charge is 0.166 e. The lowest BCUT2D eigenvalue weighted by Gasteiger charge is -2.25. The van der Waals surface area contributed by atoms with Crippen molar-refractivity contribution in [2.45, 2.75) is 31.6 Å². The van der Waals surface area contributed by atoms with Gasteiger partial charge in [0, 0.05) is 16.7 Å². The van der Waals surface area contributed by atoms with Gasteiger partial charge < -0.3 is 9.47 Å². The van der Waals surface area contributed by atoms with E-state index in [0.29, 0.717) is 19.1 Å². The minimum Gasteiger partial charge on any atom is -0.486 e. The van der Waals surface area contributed by atoms with Gasteiger partial charge in [0.05, 0.1) is 5.38 Å². The van der Waals surface area contributed by atoms with Gasteiger partial charge in [-0.2, -0.15) is 0 Å². The van der Waals surface area contributed by atoms with Crippen LogP contribution in [0.2, 0.25) is 5.02 Å². The van der Waals surface area contributed by atoms with E-state index in [-0.39, 0.29) is 5.38 Å². The molecule has 0 radical (unpaired) electrons. The summed E-state index contributed by atoms with van der Waals surface area (Å²) in [5.74, 6) is 2.16. The van der Waals surface area contributed by atoms with E-state index in [9.17, 15) is 0 Å². The summed E-state index contributed by atoms with van der Waals surface area (Å²) in [6.45, 7) is 3.39. The first-order valence-electron chi connectivity index (χ1n) is 6.41. The first-order chi connectivity index (χ1) is 8.66. The van der Waals surface area contributed by atoms with Crippen LogP contribution in [0.3, 0.4) is 0 Å². The molecule has 0 N–H and O–H groups in total. The van der Waals surface area contributed by atoms with E-state index in [1.54, 1.807) is 0 Å². The third kappa shape index (κ3) is 2.06. The SMILES string of the molecule is CC1CCc2c(Cl)cc3c(c2C(Cl)C1)OCCO3. The summed E-state index contributed by atoms with van der Waals surface area (Å²) in [5, 5.41) is 0.723. The maximum Gasteiger partial charge on any atom is 0.166 e. The molecule has 0 spiro atoms. The number of rotatable bonds is 0. The van der Waals surface area contributed by atoms with Gasteiger partial charge in [-0.1, -0.05) is 18.5 Å². The van der Waals surface area contributed by atoms with Crippen LogP contribution < -0.4 is 9.47 Å². The van der Waals surface area contributed by atoms with E-state index < -0.39 is 0 Å². The van der Waals surface area contributed by atoms with Crippen molar-refractivity contribution in [3.63, 3.8) is 0 Å². The number of hydrogen-bond acceptors (Lipinski definition) is 2. The van der Waals surface area contributed by atoms with E-state index in [1.807, 2.05) is 6.07 Å². The fraction of sp³-hybridized carbons (Fsp3) is 0.571. The molecule has 0 fully saturated rings. The van der Waals surface area contributed by atoms with Crippen LogP contribution in [-0.4, -0.2) is 13.2 Å². The van der Waals surface area contributed by atoms with E-state index >= 15 is 0 Å². The monoisotopic (exact) mass is 286 g/mol. The minimum atomic E-state index is -0.0355. The average Bonchev–Trinajstić information content (AvgIpc) is 2.49. The summed E-state index contributed by atoms with van der Waals surface area (Å²) >= 11 is 12.9. The van der Waals surface area contributed by atoms with Crippen molar-refractivity contribution < 1.29 is 9.47 Å². The second-order valence-corrected chi connectivity index (χ2v) is 6.06. The number of ether oxygens (including phenoxy) is 2. The lowest BCUT2D eigenvalue weighted by Crippen LogP contribution is -2.17. The van der Waals surface area contributed by atoms with Gasteiger partial charge in [0.2, 0.25) is 0 Å². The molecule has 2 unspecified atom stereocenters. The van der Waals surface area contributed by atoms with Gasteiger partial charge in [-0.05, 0) is 30.7 Å². The normalized spacial score (nSPS) is 26.4. The van der Waals surface area contributed by atoms with Gasteiger partial charge in [-0.3, -0.25) is 0 Å². The third-order valence-corrected chi connectivity index (χ3v) is 4.47. The summed E-state index contributed by atoms with van der Waals surface area (Å²) in [6, 6.07) is 1.87. The second kappa shape index (κ2) is 4.82. The fourth-order valence-corrected chi connectivity index (χ4v) is 3.61. The van der Waals surface area contributed by atoms with E-state index in [4.69, 9.17) is 32.7 Å². The molecule has 18 heavy (non-hydrogen) atoms. The molecular formula is C14H16Cl2O2. The van der Waals surface area contributed by atoms with Crippen molar-refractivity contribution in [3.05, 3.63) is 22.2 Å². The van der Waals surface area contributed by atoms with Crippen molar-refractivity contribution >= 4 is 23.2 Å². The topological polar surface area (TPSA) is 18.5 Å². The van der Waals surface area contributed by atoms with Crippen LogP contribution in [0, 0.1) is 5.92 Å². The number of hydrogen-bond donors (Lipinski definition) is 0. The Balaban J connectivity index is 2.16. The van der Waals surface area contributed by atoms with Crippen molar-refractivity contribution in [2.75, 3.05) is 13.2 Å². The third-order valence-electron chi connectivity index (χ3n) is 3.74. The molecule has 2 atom stereocenters. The molecule has 1 heterocycles. The van der Waals surface area contributed by atoms with Crippen LogP contribution in [0.4, 0.5) is 0 Å². The fourth-order valence-electron chi connectivity index (χ4n) is 2.78. The highest BCUT2D eigenvalue weighted by Crippen LogP contribution is 2.48. The second-order valence-electron chi connectivity index (χ2n) is 5.12. The molecule has 2 nitrogen and oxygen atoms in total. The Morgan fingerprint density at radius 1 is 1.28 bits per heavy atom. The highest BCUT2D eigenvalue weighted by Gasteiger charge is 2.30. The zero-order chi connectivity index (χ0) is 12.7. The molecule has 3 rings (SSSR count). The van der Waals surface area contributed by atoms with Gasteiger partial charge in [0.1, 0.15) is 13.2 Å². The first kappa shape index (κ1) is 12.4. The Hall–Kier alpha value is -0.600. The molecule has 4 heteroatoms. The van der Waals surface area contributed by atoms with Crippen LogP contribution >= 0.6 is 23.2 Å². The minimum absolute atomic E-state index is 0.0355. The Bertz CT molecular complexity index is 473. The van der Waals surface area contributed by atoms with Crippen LogP contribution in [0.25, 0.3) is 0 Å². The molecule has 1 aromatic carbocycles. The first-order valence-corrected chi connectivity index (χ1v) is 7.23. The van der Waals surface area contributed by atoms with Gasteiger partial charge in [-0.15, -0.1) is 11.6 Å². The molecule has 0 bridgehead atoms. The largest absolute Gasteiger partial charge is 0.486 e. The van der Waals surface area contributed by atoms with Crippen LogP contribution in [-0.2, 0) is 6.42 Å². The number of benzene rings is 1. The molecule has 0 aromatic heterocycles. The molecule has 1 aliphatic carbocycles. The Labute approximate surface area is 117 Å². The lowest BCUT2D eigenvalue weighted by atomic mass is 10.00. The molecule has 1 aliphatic heterocycles.